The average molecular weight is 603 g/mol. The number of amidine groups is 2. The summed E-state index contributed by atoms with van der Waals surface area (Å²) < 4.78 is 17.7. The van der Waals surface area contributed by atoms with Crippen molar-refractivity contribution in [2.45, 2.75) is 34.1 Å². The maximum atomic E-state index is 13.0. The van der Waals surface area contributed by atoms with Crippen LogP contribution in [0.4, 0.5) is 0 Å². The number of hydrogen-bond acceptors (Lipinski definition) is 7. The van der Waals surface area contributed by atoms with Crippen molar-refractivity contribution in [1.29, 1.82) is 5.41 Å². The number of nitrogens with one attached hydrogen (secondary N) is 1. The van der Waals surface area contributed by atoms with Crippen LogP contribution >= 0.6 is 23.4 Å². The number of fused-ring (bicyclic) bond motifs is 1. The van der Waals surface area contributed by atoms with Gasteiger partial charge >= 0.3 is 0 Å². The summed E-state index contributed by atoms with van der Waals surface area (Å²) in [7, 11) is 0. The van der Waals surface area contributed by atoms with Crippen molar-refractivity contribution in [3.05, 3.63) is 93.0 Å². The molecule has 0 spiro atoms. The second kappa shape index (κ2) is 12.8. The molecule has 0 bridgehead atoms. The first kappa shape index (κ1) is 29.4. The van der Waals surface area contributed by atoms with Crippen LogP contribution in [0.1, 0.15) is 41.7 Å². The first-order chi connectivity index (χ1) is 20.2. The number of hydrazone groups is 1. The molecule has 2 aliphatic rings. The molecule has 0 unspecified atom stereocenters. The topological polar surface area (TPSA) is 96.6 Å². The van der Waals surface area contributed by atoms with Crippen molar-refractivity contribution in [3.8, 4) is 17.2 Å². The van der Waals surface area contributed by atoms with Crippen LogP contribution in [0.3, 0.4) is 0 Å². The summed E-state index contributed by atoms with van der Waals surface area (Å²) in [5.74, 6) is 1.03. The quantitative estimate of drug-likeness (QED) is 0.197. The van der Waals surface area contributed by atoms with Crippen molar-refractivity contribution in [3.63, 3.8) is 0 Å². The number of aryl methyl sites for hydroxylation is 3. The minimum atomic E-state index is -0.520. The predicted octanol–water partition coefficient (Wildman–Crippen LogP) is 7.04. The Labute approximate surface area is 254 Å². The van der Waals surface area contributed by atoms with Gasteiger partial charge in [-0.25, -0.2) is 0 Å². The molecule has 3 aromatic rings. The lowest BCUT2D eigenvalue weighted by atomic mass is 10.1. The number of thioether (sulfide) groups is 1. The van der Waals surface area contributed by atoms with E-state index in [2.05, 4.69) is 23.1 Å². The Morgan fingerprint density at radius 3 is 2.48 bits per heavy atom. The highest BCUT2D eigenvalue weighted by atomic mass is 35.5. The monoisotopic (exact) mass is 602 g/mol. The summed E-state index contributed by atoms with van der Waals surface area (Å²) in [5, 5.41) is 16.0. The number of rotatable bonds is 10. The van der Waals surface area contributed by atoms with E-state index in [1.807, 2.05) is 57.2 Å². The Kier molecular flexibility index (Phi) is 8.99. The van der Waals surface area contributed by atoms with E-state index in [4.69, 9.17) is 31.2 Å². The summed E-state index contributed by atoms with van der Waals surface area (Å²) in [6.07, 6.45) is 2.50. The van der Waals surface area contributed by atoms with Gasteiger partial charge in [0, 0.05) is 5.56 Å². The molecule has 0 aliphatic carbocycles. The van der Waals surface area contributed by atoms with Gasteiger partial charge in [0.25, 0.3) is 5.91 Å². The molecule has 0 aromatic heterocycles. The number of amides is 1. The second-order valence-electron chi connectivity index (χ2n) is 9.76. The minimum absolute atomic E-state index is 0.0615. The number of hydrogen-bond donors (Lipinski definition) is 1. The lowest BCUT2D eigenvalue weighted by Crippen LogP contribution is -2.35. The maximum Gasteiger partial charge on any atom is 0.283 e. The molecular formula is C32H31ClN4O4S. The van der Waals surface area contributed by atoms with Crippen LogP contribution in [0.2, 0.25) is 5.02 Å². The van der Waals surface area contributed by atoms with Crippen molar-refractivity contribution in [1.82, 2.24) is 5.01 Å². The summed E-state index contributed by atoms with van der Waals surface area (Å²) in [6.45, 7) is 8.99. The van der Waals surface area contributed by atoms with E-state index in [9.17, 15) is 4.79 Å². The fourth-order valence-electron chi connectivity index (χ4n) is 4.46. The molecule has 0 radical (unpaired) electrons. The minimum Gasteiger partial charge on any atom is -0.490 e. The first-order valence-corrected chi connectivity index (χ1v) is 14.8. The molecule has 1 amide bonds. The Hall–Kier alpha value is -4.08. The van der Waals surface area contributed by atoms with Gasteiger partial charge in [-0.1, -0.05) is 54.4 Å². The van der Waals surface area contributed by atoms with Gasteiger partial charge in [-0.05, 0) is 86.0 Å². The lowest BCUT2D eigenvalue weighted by molar-refractivity contribution is -0.114. The number of nitrogens with zero attached hydrogens (tertiary/aromatic N) is 3. The normalized spacial score (nSPS) is 15.5. The highest BCUT2D eigenvalue weighted by Crippen LogP contribution is 2.38. The van der Waals surface area contributed by atoms with Gasteiger partial charge in [0.2, 0.25) is 5.17 Å². The van der Waals surface area contributed by atoms with Gasteiger partial charge < -0.3 is 14.2 Å². The van der Waals surface area contributed by atoms with Crippen molar-refractivity contribution in [2.24, 2.45) is 10.1 Å². The largest absolute Gasteiger partial charge is 0.490 e. The van der Waals surface area contributed by atoms with Crippen molar-refractivity contribution >= 4 is 51.4 Å². The van der Waals surface area contributed by atoms with Crippen LogP contribution < -0.4 is 14.2 Å². The lowest BCUT2D eigenvalue weighted by Gasteiger charge is -2.20. The number of carbonyl (C=O) groups is 1. The van der Waals surface area contributed by atoms with E-state index in [1.54, 1.807) is 18.2 Å². The summed E-state index contributed by atoms with van der Waals surface area (Å²) >= 11 is 7.89. The Morgan fingerprint density at radius 1 is 0.976 bits per heavy atom. The van der Waals surface area contributed by atoms with Gasteiger partial charge in [-0.2, -0.15) is 15.1 Å². The molecule has 0 fully saturated rings. The zero-order valence-corrected chi connectivity index (χ0v) is 25.4. The number of benzene rings is 3. The molecule has 0 saturated heterocycles. The second-order valence-corrected chi connectivity index (χ2v) is 11.1. The van der Waals surface area contributed by atoms with E-state index >= 15 is 0 Å². The summed E-state index contributed by atoms with van der Waals surface area (Å²) in [4.78, 5) is 17.2. The average Bonchev–Trinajstić information content (AvgIpc) is 3.38. The van der Waals surface area contributed by atoms with Gasteiger partial charge in [-0.15, -0.1) is 0 Å². The van der Waals surface area contributed by atoms with E-state index in [-0.39, 0.29) is 18.0 Å². The molecule has 1 N–H and O–H groups in total. The zero-order chi connectivity index (χ0) is 29.8. The van der Waals surface area contributed by atoms with Crippen LogP contribution in [0.5, 0.6) is 17.2 Å². The van der Waals surface area contributed by atoms with Crippen LogP contribution in [0.25, 0.3) is 6.08 Å². The molecule has 2 aliphatic heterocycles. The molecule has 42 heavy (non-hydrogen) atoms. The Morgan fingerprint density at radius 2 is 1.74 bits per heavy atom. The van der Waals surface area contributed by atoms with Crippen molar-refractivity contribution < 1.29 is 19.0 Å². The first-order valence-electron chi connectivity index (χ1n) is 13.7. The molecule has 10 heteroatoms. The van der Waals surface area contributed by atoms with Gasteiger partial charge in [0.1, 0.15) is 24.0 Å². The predicted molar refractivity (Wildman–Crippen MR) is 169 cm³/mol. The number of carbonyl (C=O) groups excluding carboxylic acids is 1. The number of ether oxygens (including phenoxy) is 3. The highest BCUT2D eigenvalue weighted by Gasteiger charge is 2.36. The molecule has 0 saturated carbocycles. The maximum absolute atomic E-state index is 13.0. The molecule has 3 aromatic carbocycles. The zero-order valence-electron chi connectivity index (χ0n) is 23.9. The van der Waals surface area contributed by atoms with Gasteiger partial charge in [0.15, 0.2) is 17.3 Å². The van der Waals surface area contributed by atoms with Crippen LogP contribution in [0.15, 0.2) is 70.3 Å². The molecule has 216 valence electrons. The third-order valence-electron chi connectivity index (χ3n) is 6.51. The standard InChI is InChI=1S/C32H31ClN4O4S/c1-5-21-13-20(4)14-24(15-21)40-11-12-41-28-26(33)17-22(18-27(28)39-6-2)16-25-29(34)37-32(35-30(25)38)42-31(36-37)23-9-7-19(3)8-10-23/h7-10,13-18,34H,5-6,11-12H2,1-4H3/b25-16-,34-29?. The fourth-order valence-corrected chi connectivity index (χ4v) is 5.63. The van der Waals surface area contributed by atoms with E-state index < -0.39 is 5.91 Å². The third-order valence-corrected chi connectivity index (χ3v) is 7.75. The Balaban J connectivity index is 1.32. The van der Waals surface area contributed by atoms with Gasteiger partial charge in [-0.3, -0.25) is 10.2 Å². The molecule has 0 atom stereocenters. The van der Waals surface area contributed by atoms with Crippen molar-refractivity contribution in [2.75, 3.05) is 19.8 Å². The summed E-state index contributed by atoms with van der Waals surface area (Å²) in [6, 6.07) is 17.5. The van der Waals surface area contributed by atoms with E-state index in [0.29, 0.717) is 45.5 Å². The van der Waals surface area contributed by atoms with E-state index in [1.165, 1.54) is 22.3 Å². The highest BCUT2D eigenvalue weighted by molar-refractivity contribution is 8.27. The van der Waals surface area contributed by atoms with Crippen LogP contribution in [0, 0.1) is 19.3 Å². The number of halogens is 1. The smallest absolute Gasteiger partial charge is 0.283 e. The van der Waals surface area contributed by atoms with E-state index in [0.717, 1.165) is 28.9 Å². The molecule has 5 rings (SSSR count). The SMILES string of the molecule is CCOc1cc(/C=C2/C(=N)N3N=C(c4ccc(C)cc4)SC3=NC2=O)cc(Cl)c1OCCOc1cc(C)cc(CC)c1. The molecule has 8 nitrogen and oxygen atoms in total. The summed E-state index contributed by atoms with van der Waals surface area (Å²) in [5.41, 5.74) is 5.05. The molecule has 2 heterocycles. The third kappa shape index (κ3) is 6.53. The van der Waals surface area contributed by atoms with Gasteiger partial charge in [0.05, 0.1) is 17.2 Å². The fraction of sp³-hybridized carbons (Fsp3) is 0.250. The van der Waals surface area contributed by atoms with Crippen LogP contribution in [-0.4, -0.2) is 46.8 Å². The Bertz CT molecular complexity index is 1630. The number of aliphatic imine (C=N–C) groups is 1. The molecular weight excluding hydrogens is 572 g/mol. The van der Waals surface area contributed by atoms with Crippen LogP contribution in [-0.2, 0) is 11.2 Å².